The molecule has 0 aliphatic carbocycles. The molecule has 7 heteroatoms. The molecule has 2 aromatic heterocycles. The molecule has 20 heavy (non-hydrogen) atoms. The molecule has 1 aliphatic heterocycles. The van der Waals surface area contributed by atoms with Gasteiger partial charge in [0.15, 0.2) is 0 Å². The highest BCUT2D eigenvalue weighted by Gasteiger charge is 2.34. The van der Waals surface area contributed by atoms with Gasteiger partial charge in [-0.05, 0) is 26.0 Å². The first-order valence-electron chi connectivity index (χ1n) is 6.13. The summed E-state index contributed by atoms with van der Waals surface area (Å²) in [6.07, 6.45) is 1.48. The van der Waals surface area contributed by atoms with Gasteiger partial charge in [0.05, 0.1) is 12.7 Å². The number of thiophene rings is 1. The van der Waals surface area contributed by atoms with Gasteiger partial charge in [0.2, 0.25) is 5.95 Å². The fourth-order valence-corrected chi connectivity index (χ4v) is 3.30. The van der Waals surface area contributed by atoms with Gasteiger partial charge in [0.25, 0.3) is 0 Å². The molecule has 0 spiro atoms. The summed E-state index contributed by atoms with van der Waals surface area (Å²) in [5.41, 5.74) is 1.31. The van der Waals surface area contributed by atoms with E-state index in [1.165, 1.54) is 18.3 Å². The van der Waals surface area contributed by atoms with Crippen LogP contribution < -0.4 is 5.32 Å². The highest BCUT2D eigenvalue weighted by molar-refractivity contribution is 7.12. The lowest BCUT2D eigenvalue weighted by Crippen LogP contribution is -2.28. The Bertz CT molecular complexity index is 701. The second-order valence-electron chi connectivity index (χ2n) is 4.53. The highest BCUT2D eigenvalue weighted by atomic mass is 32.1. The lowest BCUT2D eigenvalue weighted by atomic mass is 10.0. The van der Waals surface area contributed by atoms with Gasteiger partial charge < -0.3 is 10.1 Å². The molecular weight excluding hydrogens is 276 g/mol. The van der Waals surface area contributed by atoms with Crippen LogP contribution in [0.3, 0.4) is 0 Å². The molecule has 1 atom stereocenters. The Labute approximate surface area is 120 Å². The number of hydrogen-bond donors (Lipinski definition) is 1. The molecule has 2 aromatic rings. The molecule has 3 heterocycles. The van der Waals surface area contributed by atoms with Crippen molar-refractivity contribution < 1.29 is 9.53 Å². The molecule has 0 amide bonds. The van der Waals surface area contributed by atoms with E-state index in [0.717, 1.165) is 10.6 Å². The second kappa shape index (κ2) is 4.75. The number of rotatable bonds is 2. The van der Waals surface area contributed by atoms with E-state index in [2.05, 4.69) is 15.4 Å². The van der Waals surface area contributed by atoms with E-state index >= 15 is 0 Å². The maximum atomic E-state index is 12.1. The summed E-state index contributed by atoms with van der Waals surface area (Å²) < 4.78 is 6.63. The van der Waals surface area contributed by atoms with E-state index in [4.69, 9.17) is 4.74 Å². The zero-order chi connectivity index (χ0) is 14.3. The molecule has 0 bridgehead atoms. The van der Waals surface area contributed by atoms with Crippen molar-refractivity contribution in [1.29, 1.82) is 0 Å². The molecule has 1 aliphatic rings. The van der Waals surface area contributed by atoms with Gasteiger partial charge in [0, 0.05) is 15.5 Å². The minimum Gasteiger partial charge on any atom is -0.466 e. The minimum atomic E-state index is -0.354. The van der Waals surface area contributed by atoms with E-state index in [1.807, 2.05) is 26.0 Å². The van der Waals surface area contributed by atoms with Crippen LogP contribution in [-0.4, -0.2) is 27.8 Å². The smallest absolute Gasteiger partial charge is 0.338 e. The minimum absolute atomic E-state index is 0.292. The summed E-state index contributed by atoms with van der Waals surface area (Å²) in [5, 5.41) is 7.32. The van der Waals surface area contributed by atoms with Crippen molar-refractivity contribution in [2.24, 2.45) is 0 Å². The van der Waals surface area contributed by atoms with Crippen molar-refractivity contribution in [3.05, 3.63) is 39.5 Å². The van der Waals surface area contributed by atoms with Crippen LogP contribution in [0.4, 0.5) is 5.95 Å². The quantitative estimate of drug-likeness (QED) is 0.858. The van der Waals surface area contributed by atoms with Gasteiger partial charge in [-0.25, -0.2) is 9.48 Å². The van der Waals surface area contributed by atoms with E-state index in [-0.39, 0.29) is 12.0 Å². The number of ether oxygens (including phenoxy) is 1. The van der Waals surface area contributed by atoms with E-state index < -0.39 is 0 Å². The Morgan fingerprint density at radius 1 is 1.45 bits per heavy atom. The molecule has 0 aromatic carbocycles. The SMILES string of the molecule is COC(=O)C1=C(C)Nc2ncnn2[C@@H]1c1ccc(C)s1. The summed E-state index contributed by atoms with van der Waals surface area (Å²) in [6.45, 7) is 3.88. The number of hydrogen-bond acceptors (Lipinski definition) is 6. The van der Waals surface area contributed by atoms with Crippen LogP contribution in [0.5, 0.6) is 0 Å². The van der Waals surface area contributed by atoms with E-state index in [1.54, 1.807) is 16.0 Å². The molecule has 104 valence electrons. The molecule has 1 N–H and O–H groups in total. The Balaban J connectivity index is 2.18. The van der Waals surface area contributed by atoms with Crippen molar-refractivity contribution in [3.63, 3.8) is 0 Å². The Morgan fingerprint density at radius 3 is 2.90 bits per heavy atom. The molecule has 6 nitrogen and oxygen atoms in total. The largest absolute Gasteiger partial charge is 0.466 e. The number of carbonyl (C=O) groups excluding carboxylic acids is 1. The summed E-state index contributed by atoms with van der Waals surface area (Å²) in [6, 6.07) is 3.75. The van der Waals surface area contributed by atoms with Gasteiger partial charge in [0.1, 0.15) is 12.4 Å². The van der Waals surface area contributed by atoms with Crippen molar-refractivity contribution in [1.82, 2.24) is 14.8 Å². The number of methoxy groups -OCH3 is 1. The first-order chi connectivity index (χ1) is 9.61. The fraction of sp³-hybridized carbons (Fsp3) is 0.308. The van der Waals surface area contributed by atoms with E-state index in [0.29, 0.717) is 11.5 Å². The van der Waals surface area contributed by atoms with Crippen LogP contribution >= 0.6 is 11.3 Å². The summed E-state index contributed by atoms with van der Waals surface area (Å²) in [5.74, 6) is 0.276. The lowest BCUT2D eigenvalue weighted by Gasteiger charge is -2.26. The monoisotopic (exact) mass is 290 g/mol. The third-order valence-corrected chi connectivity index (χ3v) is 4.28. The van der Waals surface area contributed by atoms with Crippen molar-refractivity contribution >= 4 is 23.3 Å². The lowest BCUT2D eigenvalue weighted by molar-refractivity contribution is -0.136. The summed E-state index contributed by atoms with van der Waals surface area (Å²) in [4.78, 5) is 18.5. The third kappa shape index (κ3) is 1.90. The topological polar surface area (TPSA) is 69.0 Å². The molecule has 0 saturated carbocycles. The molecular formula is C13H14N4O2S. The molecule has 0 fully saturated rings. The van der Waals surface area contributed by atoms with E-state index in [9.17, 15) is 4.79 Å². The van der Waals surface area contributed by atoms with Gasteiger partial charge in [-0.2, -0.15) is 10.1 Å². The third-order valence-electron chi connectivity index (χ3n) is 3.23. The zero-order valence-corrected chi connectivity index (χ0v) is 12.2. The summed E-state index contributed by atoms with van der Waals surface area (Å²) >= 11 is 1.64. The van der Waals surface area contributed by atoms with Crippen molar-refractivity contribution in [3.8, 4) is 0 Å². The average molecular weight is 290 g/mol. The van der Waals surface area contributed by atoms with Crippen LogP contribution in [0.15, 0.2) is 29.7 Å². The first-order valence-corrected chi connectivity index (χ1v) is 6.95. The Morgan fingerprint density at radius 2 is 2.25 bits per heavy atom. The fourth-order valence-electron chi connectivity index (χ4n) is 2.33. The zero-order valence-electron chi connectivity index (χ0n) is 11.4. The maximum absolute atomic E-state index is 12.1. The molecule has 3 rings (SSSR count). The van der Waals surface area contributed by atoms with Crippen molar-refractivity contribution in [2.45, 2.75) is 19.9 Å². The normalized spacial score (nSPS) is 17.6. The molecule has 0 radical (unpaired) electrons. The van der Waals surface area contributed by atoms with Crippen LogP contribution in [-0.2, 0) is 9.53 Å². The number of nitrogens with zero attached hydrogens (tertiary/aromatic N) is 3. The summed E-state index contributed by atoms with van der Waals surface area (Å²) in [7, 11) is 1.39. The van der Waals surface area contributed by atoms with Crippen LogP contribution in [0.2, 0.25) is 0 Å². The highest BCUT2D eigenvalue weighted by Crippen LogP contribution is 2.37. The predicted molar refractivity (Wildman–Crippen MR) is 75.6 cm³/mol. The van der Waals surface area contributed by atoms with Gasteiger partial charge in [-0.15, -0.1) is 11.3 Å². The number of anilines is 1. The van der Waals surface area contributed by atoms with Gasteiger partial charge in [-0.3, -0.25) is 0 Å². The molecule has 0 saturated heterocycles. The average Bonchev–Trinajstić information content (AvgIpc) is 3.04. The van der Waals surface area contributed by atoms with Gasteiger partial charge in [-0.1, -0.05) is 0 Å². The second-order valence-corrected chi connectivity index (χ2v) is 5.85. The number of aryl methyl sites for hydroxylation is 1. The first kappa shape index (κ1) is 12.9. The number of aromatic nitrogens is 3. The number of fused-ring (bicyclic) bond motifs is 1. The molecule has 0 unspecified atom stereocenters. The van der Waals surface area contributed by atoms with Crippen LogP contribution in [0.1, 0.15) is 22.7 Å². The Hall–Kier alpha value is -2.15. The van der Waals surface area contributed by atoms with Crippen LogP contribution in [0, 0.1) is 6.92 Å². The van der Waals surface area contributed by atoms with Crippen LogP contribution in [0.25, 0.3) is 0 Å². The maximum Gasteiger partial charge on any atom is 0.338 e. The Kier molecular flexibility index (Phi) is 3.06. The van der Waals surface area contributed by atoms with Gasteiger partial charge >= 0.3 is 5.97 Å². The van der Waals surface area contributed by atoms with Crippen molar-refractivity contribution in [2.75, 3.05) is 12.4 Å². The number of nitrogens with one attached hydrogen (secondary N) is 1. The number of allylic oxidation sites excluding steroid dienone is 1. The number of esters is 1. The number of carbonyl (C=O) groups is 1. The standard InChI is InChI=1S/C13H14N4O2S/c1-7-4-5-9(20-7)11-10(12(18)19-3)8(2)16-13-14-6-15-17(11)13/h4-6,11H,1-3H3,(H,14,15,16)/t11-/m1/s1. The predicted octanol–water partition coefficient (Wildman–Crippen LogP) is 2.11.